The van der Waals surface area contributed by atoms with Gasteiger partial charge in [-0.25, -0.2) is 4.68 Å². The van der Waals surface area contributed by atoms with Crippen LogP contribution in [0.25, 0.3) is 5.69 Å². The number of carbonyl (C=O) groups is 1. The van der Waals surface area contributed by atoms with Crippen molar-refractivity contribution in [2.24, 2.45) is 10.9 Å². The van der Waals surface area contributed by atoms with Gasteiger partial charge in [-0.2, -0.15) is 5.10 Å². The van der Waals surface area contributed by atoms with E-state index in [1.807, 2.05) is 36.1 Å². The quantitative estimate of drug-likeness (QED) is 0.379. The molecular weight excluding hydrogens is 467 g/mol. The molecule has 1 aliphatic heterocycles. The Bertz CT molecular complexity index is 769. The van der Waals surface area contributed by atoms with E-state index >= 15 is 0 Å². The lowest BCUT2D eigenvalue weighted by atomic mass is 9.93. The first-order valence-corrected chi connectivity index (χ1v) is 9.45. The van der Waals surface area contributed by atoms with Gasteiger partial charge >= 0.3 is 0 Å². The number of amides is 1. The van der Waals surface area contributed by atoms with Gasteiger partial charge in [-0.15, -0.1) is 24.0 Å². The molecule has 2 heterocycles. The number of para-hydroxylation sites is 1. The molecule has 8 heteroatoms. The van der Waals surface area contributed by atoms with Crippen molar-refractivity contribution in [2.75, 3.05) is 27.2 Å². The van der Waals surface area contributed by atoms with Gasteiger partial charge < -0.3 is 15.5 Å². The second kappa shape index (κ2) is 11.0. The molecular formula is C20H29IN6O. The number of benzene rings is 1. The van der Waals surface area contributed by atoms with Crippen LogP contribution in [0.4, 0.5) is 0 Å². The van der Waals surface area contributed by atoms with Crippen molar-refractivity contribution in [1.29, 1.82) is 0 Å². The molecule has 1 saturated heterocycles. The maximum absolute atomic E-state index is 11.6. The highest BCUT2D eigenvalue weighted by molar-refractivity contribution is 14.0. The molecule has 0 bridgehead atoms. The fourth-order valence-electron chi connectivity index (χ4n) is 3.51. The minimum atomic E-state index is 0. The minimum absolute atomic E-state index is 0. The minimum Gasteiger partial charge on any atom is -0.359 e. The van der Waals surface area contributed by atoms with Crippen molar-refractivity contribution in [3.05, 3.63) is 48.3 Å². The van der Waals surface area contributed by atoms with Crippen LogP contribution in [-0.2, 0) is 11.3 Å². The molecule has 1 aliphatic rings. The zero-order valence-electron chi connectivity index (χ0n) is 16.5. The maximum atomic E-state index is 11.6. The summed E-state index contributed by atoms with van der Waals surface area (Å²) in [6.45, 7) is 2.52. The van der Waals surface area contributed by atoms with E-state index in [1.165, 1.54) is 0 Å². The SMILES string of the molecule is CN=C(NCc1ccccc1-n1cccn1)N1CCC(CC(=O)NC)CC1.I. The monoisotopic (exact) mass is 496 g/mol. The number of aliphatic imine (C=N–C) groups is 1. The lowest BCUT2D eigenvalue weighted by Crippen LogP contribution is -2.45. The summed E-state index contributed by atoms with van der Waals surface area (Å²) in [6, 6.07) is 10.2. The van der Waals surface area contributed by atoms with E-state index in [4.69, 9.17) is 0 Å². The number of hydrogen-bond acceptors (Lipinski definition) is 3. The van der Waals surface area contributed by atoms with E-state index in [0.717, 1.165) is 43.1 Å². The van der Waals surface area contributed by atoms with Crippen molar-refractivity contribution in [1.82, 2.24) is 25.3 Å². The van der Waals surface area contributed by atoms with E-state index in [9.17, 15) is 4.79 Å². The van der Waals surface area contributed by atoms with Crippen molar-refractivity contribution < 1.29 is 4.79 Å². The van der Waals surface area contributed by atoms with Gasteiger partial charge in [0.2, 0.25) is 5.91 Å². The molecule has 0 spiro atoms. The third-order valence-corrected chi connectivity index (χ3v) is 5.06. The average molecular weight is 496 g/mol. The van der Waals surface area contributed by atoms with Gasteiger partial charge in [0.05, 0.1) is 5.69 Å². The largest absolute Gasteiger partial charge is 0.359 e. The summed E-state index contributed by atoms with van der Waals surface area (Å²) < 4.78 is 1.88. The molecule has 0 unspecified atom stereocenters. The first-order valence-electron chi connectivity index (χ1n) is 9.45. The number of carbonyl (C=O) groups excluding carboxylic acids is 1. The summed E-state index contributed by atoms with van der Waals surface area (Å²) in [5.41, 5.74) is 2.23. The topological polar surface area (TPSA) is 74.5 Å². The third kappa shape index (κ3) is 5.70. The molecule has 1 aromatic carbocycles. The molecule has 1 amide bonds. The van der Waals surface area contributed by atoms with Gasteiger partial charge in [0.1, 0.15) is 0 Å². The molecule has 2 aromatic rings. The normalized spacial score (nSPS) is 15.1. The summed E-state index contributed by atoms with van der Waals surface area (Å²) in [5.74, 6) is 1.50. The number of piperidine rings is 1. The summed E-state index contributed by atoms with van der Waals surface area (Å²) in [4.78, 5) is 18.3. The molecule has 28 heavy (non-hydrogen) atoms. The summed E-state index contributed by atoms with van der Waals surface area (Å²) in [7, 11) is 3.52. The predicted molar refractivity (Wildman–Crippen MR) is 122 cm³/mol. The molecule has 0 aliphatic carbocycles. The Morgan fingerprint density at radius 2 is 2.00 bits per heavy atom. The van der Waals surface area contributed by atoms with Gasteiger partial charge in [-0.1, -0.05) is 18.2 Å². The second-order valence-electron chi connectivity index (χ2n) is 6.79. The number of nitrogens with zero attached hydrogens (tertiary/aromatic N) is 4. The number of hydrogen-bond donors (Lipinski definition) is 2. The standard InChI is InChI=1S/C20H28N6O.HI/c1-21-19(27)14-16-8-12-25(13-9-16)20(22-2)23-15-17-6-3-4-7-18(17)26-11-5-10-24-26;/h3-7,10-11,16H,8-9,12-15H2,1-2H3,(H,21,27)(H,22,23);1H. The number of nitrogens with one attached hydrogen (secondary N) is 2. The second-order valence-corrected chi connectivity index (χ2v) is 6.79. The number of aromatic nitrogens is 2. The van der Waals surface area contributed by atoms with Crippen LogP contribution in [0.3, 0.4) is 0 Å². The van der Waals surface area contributed by atoms with Crippen LogP contribution in [0.5, 0.6) is 0 Å². The zero-order valence-corrected chi connectivity index (χ0v) is 18.8. The number of likely N-dealkylation sites (tertiary alicyclic amines) is 1. The first-order chi connectivity index (χ1) is 13.2. The van der Waals surface area contributed by atoms with Crippen molar-refractivity contribution in [3.63, 3.8) is 0 Å². The smallest absolute Gasteiger partial charge is 0.220 e. The molecule has 2 N–H and O–H groups in total. The van der Waals surface area contributed by atoms with Gasteiger partial charge in [-0.05, 0) is 36.5 Å². The van der Waals surface area contributed by atoms with Crippen molar-refractivity contribution in [2.45, 2.75) is 25.8 Å². The zero-order chi connectivity index (χ0) is 19.1. The van der Waals surface area contributed by atoms with E-state index in [1.54, 1.807) is 13.2 Å². The fraction of sp³-hybridized carbons (Fsp3) is 0.450. The average Bonchev–Trinajstić information content (AvgIpc) is 3.24. The van der Waals surface area contributed by atoms with Gasteiger partial charge in [0.15, 0.2) is 5.96 Å². The molecule has 0 atom stereocenters. The van der Waals surface area contributed by atoms with E-state index in [0.29, 0.717) is 18.9 Å². The first kappa shape index (κ1) is 22.2. The maximum Gasteiger partial charge on any atom is 0.220 e. The Morgan fingerprint density at radius 3 is 2.64 bits per heavy atom. The lowest BCUT2D eigenvalue weighted by Gasteiger charge is -2.34. The Morgan fingerprint density at radius 1 is 1.25 bits per heavy atom. The molecule has 152 valence electrons. The van der Waals surface area contributed by atoms with Gasteiger partial charge in [-0.3, -0.25) is 9.79 Å². The molecule has 7 nitrogen and oxygen atoms in total. The highest BCUT2D eigenvalue weighted by Gasteiger charge is 2.23. The molecule has 3 rings (SSSR count). The van der Waals surface area contributed by atoms with Crippen molar-refractivity contribution in [3.8, 4) is 5.69 Å². The number of halogens is 1. The van der Waals surface area contributed by atoms with Crippen LogP contribution >= 0.6 is 24.0 Å². The molecule has 0 radical (unpaired) electrons. The molecule has 1 aromatic heterocycles. The predicted octanol–water partition coefficient (Wildman–Crippen LogP) is 2.41. The van der Waals surface area contributed by atoms with Crippen LogP contribution in [0, 0.1) is 5.92 Å². The summed E-state index contributed by atoms with van der Waals surface area (Å²) >= 11 is 0. The number of rotatable bonds is 5. The lowest BCUT2D eigenvalue weighted by molar-refractivity contribution is -0.121. The van der Waals surface area contributed by atoms with E-state index in [2.05, 4.69) is 37.8 Å². The van der Waals surface area contributed by atoms with Gasteiger partial charge in [0.25, 0.3) is 0 Å². The van der Waals surface area contributed by atoms with E-state index < -0.39 is 0 Å². The Kier molecular flexibility index (Phi) is 8.75. The summed E-state index contributed by atoms with van der Waals surface area (Å²) in [5, 5.41) is 10.5. The van der Waals surface area contributed by atoms with Crippen LogP contribution in [-0.4, -0.2) is 53.7 Å². The van der Waals surface area contributed by atoms with Crippen LogP contribution in [0.1, 0.15) is 24.8 Å². The summed E-state index contributed by atoms with van der Waals surface area (Å²) in [6.07, 6.45) is 6.38. The third-order valence-electron chi connectivity index (χ3n) is 5.06. The Hall–Kier alpha value is -2.10. The van der Waals surface area contributed by atoms with Gasteiger partial charge in [0, 0.05) is 52.5 Å². The fourth-order valence-corrected chi connectivity index (χ4v) is 3.51. The van der Waals surface area contributed by atoms with E-state index in [-0.39, 0.29) is 29.9 Å². The Labute approximate surface area is 183 Å². The van der Waals surface area contributed by atoms with Crippen molar-refractivity contribution >= 4 is 35.8 Å². The molecule has 0 saturated carbocycles. The highest BCUT2D eigenvalue weighted by atomic mass is 127. The number of guanidine groups is 1. The van der Waals surface area contributed by atoms with Crippen LogP contribution in [0.15, 0.2) is 47.7 Å². The Balaban J connectivity index is 0.00000280. The highest BCUT2D eigenvalue weighted by Crippen LogP contribution is 2.20. The molecule has 1 fully saturated rings. The van der Waals surface area contributed by atoms with Crippen LogP contribution in [0.2, 0.25) is 0 Å². The van der Waals surface area contributed by atoms with Crippen LogP contribution < -0.4 is 10.6 Å².